The molecule has 0 saturated carbocycles. The number of hydrogen-bond acceptors (Lipinski definition) is 3. The van der Waals surface area contributed by atoms with Gasteiger partial charge in [-0.1, -0.05) is 22.0 Å². The zero-order valence-corrected chi connectivity index (χ0v) is 12.0. The van der Waals surface area contributed by atoms with Gasteiger partial charge < -0.3 is 4.90 Å². The molecule has 94 valence electrons. The molecule has 2 aromatic rings. The van der Waals surface area contributed by atoms with Crippen molar-refractivity contribution >= 4 is 21.7 Å². The number of rotatable bonds is 5. The van der Waals surface area contributed by atoms with Gasteiger partial charge in [-0.3, -0.25) is 4.98 Å². The van der Waals surface area contributed by atoms with Crippen molar-refractivity contribution in [2.24, 2.45) is 0 Å². The molecule has 0 aliphatic rings. The first-order chi connectivity index (χ1) is 8.81. The highest BCUT2D eigenvalue weighted by atomic mass is 79.9. The highest BCUT2D eigenvalue weighted by Crippen LogP contribution is 2.18. The van der Waals surface area contributed by atoms with Crippen molar-refractivity contribution in [3.8, 4) is 0 Å². The third-order valence-corrected chi connectivity index (χ3v) is 3.46. The summed E-state index contributed by atoms with van der Waals surface area (Å²) in [5, 5.41) is 0.829. The van der Waals surface area contributed by atoms with Crippen LogP contribution in [-0.2, 0) is 11.8 Å². The molecule has 0 fully saturated rings. The molecule has 0 aromatic carbocycles. The van der Waals surface area contributed by atoms with Gasteiger partial charge in [0.1, 0.15) is 5.82 Å². The number of nitrogens with zero attached hydrogens (tertiary/aromatic N) is 3. The molecule has 3 nitrogen and oxygen atoms in total. The van der Waals surface area contributed by atoms with Crippen LogP contribution in [0.2, 0.25) is 0 Å². The van der Waals surface area contributed by atoms with Crippen LogP contribution in [0, 0.1) is 0 Å². The van der Waals surface area contributed by atoms with Crippen LogP contribution in [0.15, 0.2) is 42.9 Å². The minimum absolute atomic E-state index is 0.829. The summed E-state index contributed by atoms with van der Waals surface area (Å²) in [6.45, 7) is 0.945. The maximum atomic E-state index is 4.45. The fourth-order valence-corrected chi connectivity index (χ4v) is 2.27. The van der Waals surface area contributed by atoms with Crippen LogP contribution in [0.1, 0.15) is 11.1 Å². The Morgan fingerprint density at radius 1 is 1.17 bits per heavy atom. The molecule has 0 radical (unpaired) electrons. The highest BCUT2D eigenvalue weighted by Gasteiger charge is 2.07. The summed E-state index contributed by atoms with van der Waals surface area (Å²) < 4.78 is 0. The van der Waals surface area contributed by atoms with Crippen molar-refractivity contribution in [2.75, 3.05) is 18.5 Å². The van der Waals surface area contributed by atoms with Gasteiger partial charge in [0.05, 0.1) is 0 Å². The van der Waals surface area contributed by atoms with Crippen molar-refractivity contribution in [3.63, 3.8) is 0 Å². The van der Waals surface area contributed by atoms with Crippen LogP contribution in [0.3, 0.4) is 0 Å². The number of halogens is 1. The van der Waals surface area contributed by atoms with Gasteiger partial charge in [-0.05, 0) is 30.2 Å². The third kappa shape index (κ3) is 3.29. The smallest absolute Gasteiger partial charge is 0.132 e. The number of anilines is 1. The van der Waals surface area contributed by atoms with E-state index in [-0.39, 0.29) is 0 Å². The van der Waals surface area contributed by atoms with Crippen LogP contribution in [-0.4, -0.2) is 23.6 Å². The molecule has 0 spiro atoms. The topological polar surface area (TPSA) is 29.0 Å². The summed E-state index contributed by atoms with van der Waals surface area (Å²) in [4.78, 5) is 10.7. The van der Waals surface area contributed by atoms with Crippen molar-refractivity contribution < 1.29 is 0 Å². The second-order valence-corrected chi connectivity index (χ2v) is 4.71. The van der Waals surface area contributed by atoms with Crippen LogP contribution in [0.25, 0.3) is 0 Å². The molecule has 18 heavy (non-hydrogen) atoms. The van der Waals surface area contributed by atoms with Crippen molar-refractivity contribution in [3.05, 3.63) is 54.0 Å². The lowest BCUT2D eigenvalue weighted by atomic mass is 10.2. The summed E-state index contributed by atoms with van der Waals surface area (Å²) >= 11 is 3.50. The fourth-order valence-electron chi connectivity index (χ4n) is 1.83. The average molecular weight is 306 g/mol. The molecule has 2 aromatic heterocycles. The maximum Gasteiger partial charge on any atom is 0.132 e. The van der Waals surface area contributed by atoms with E-state index in [4.69, 9.17) is 0 Å². The van der Waals surface area contributed by atoms with Crippen LogP contribution >= 0.6 is 15.9 Å². The van der Waals surface area contributed by atoms with Crippen molar-refractivity contribution in [1.82, 2.24) is 9.97 Å². The molecule has 2 heterocycles. The Balaban J connectivity index is 2.01. The van der Waals surface area contributed by atoms with Gasteiger partial charge in [-0.2, -0.15) is 0 Å². The van der Waals surface area contributed by atoms with Gasteiger partial charge in [0.15, 0.2) is 0 Å². The monoisotopic (exact) mass is 305 g/mol. The zero-order valence-electron chi connectivity index (χ0n) is 10.4. The van der Waals surface area contributed by atoms with Gasteiger partial charge in [0, 0.05) is 43.1 Å². The van der Waals surface area contributed by atoms with Crippen LogP contribution in [0.4, 0.5) is 5.82 Å². The Morgan fingerprint density at radius 2 is 1.94 bits per heavy atom. The average Bonchev–Trinajstić information content (AvgIpc) is 2.45. The second kappa shape index (κ2) is 6.50. The van der Waals surface area contributed by atoms with E-state index in [1.807, 2.05) is 24.7 Å². The Morgan fingerprint density at radius 3 is 2.67 bits per heavy atom. The Labute approximate surface area is 116 Å². The lowest BCUT2D eigenvalue weighted by Crippen LogP contribution is -2.22. The quantitative estimate of drug-likeness (QED) is 0.795. The molecular weight excluding hydrogens is 290 g/mol. The first-order valence-electron chi connectivity index (χ1n) is 5.91. The lowest BCUT2D eigenvalue weighted by Gasteiger charge is -2.20. The predicted molar refractivity (Wildman–Crippen MR) is 78.1 cm³/mol. The maximum absolute atomic E-state index is 4.45. The number of pyridine rings is 2. The summed E-state index contributed by atoms with van der Waals surface area (Å²) in [5.41, 5.74) is 2.52. The van der Waals surface area contributed by atoms with E-state index in [1.54, 1.807) is 0 Å². The van der Waals surface area contributed by atoms with Gasteiger partial charge in [-0.15, -0.1) is 0 Å². The summed E-state index contributed by atoms with van der Waals surface area (Å²) in [6, 6.07) is 8.17. The van der Waals surface area contributed by atoms with Crippen molar-refractivity contribution in [1.29, 1.82) is 0 Å². The third-order valence-electron chi connectivity index (χ3n) is 2.86. The molecular formula is C14H16BrN3. The minimum atomic E-state index is 0.829. The number of alkyl halides is 1. The van der Waals surface area contributed by atoms with E-state index in [1.165, 1.54) is 11.1 Å². The highest BCUT2D eigenvalue weighted by molar-refractivity contribution is 9.08. The van der Waals surface area contributed by atoms with Gasteiger partial charge in [0.25, 0.3) is 0 Å². The molecule has 0 amide bonds. The van der Waals surface area contributed by atoms with Crippen molar-refractivity contribution in [2.45, 2.75) is 11.8 Å². The first-order valence-corrected chi connectivity index (χ1v) is 7.03. The number of likely N-dealkylation sites (N-methyl/N-ethyl adjacent to an activating group) is 1. The Bertz CT molecular complexity index is 487. The molecule has 2 rings (SSSR count). The van der Waals surface area contributed by atoms with E-state index in [2.05, 4.69) is 56.0 Å². The molecule has 0 aliphatic heterocycles. The molecule has 0 aliphatic carbocycles. The molecule has 0 bridgehead atoms. The SMILES string of the molecule is CN(CCc1ccncc1)c1ncccc1CBr. The largest absolute Gasteiger partial charge is 0.359 e. The van der Waals surface area contributed by atoms with E-state index < -0.39 is 0 Å². The minimum Gasteiger partial charge on any atom is -0.359 e. The van der Waals surface area contributed by atoms with Gasteiger partial charge in [0.2, 0.25) is 0 Å². The molecule has 0 N–H and O–H groups in total. The Hall–Kier alpha value is -1.42. The second-order valence-electron chi connectivity index (χ2n) is 4.15. The van der Waals surface area contributed by atoms with E-state index in [0.717, 1.165) is 24.1 Å². The molecule has 0 saturated heterocycles. The normalized spacial score (nSPS) is 10.3. The Kier molecular flexibility index (Phi) is 4.70. The molecule has 4 heteroatoms. The summed E-state index contributed by atoms with van der Waals surface area (Å²) in [7, 11) is 2.08. The molecule has 0 atom stereocenters. The van der Waals surface area contributed by atoms with Gasteiger partial charge in [-0.25, -0.2) is 4.98 Å². The van der Waals surface area contributed by atoms with E-state index in [0.29, 0.717) is 0 Å². The number of aromatic nitrogens is 2. The van der Waals surface area contributed by atoms with E-state index >= 15 is 0 Å². The first kappa shape index (κ1) is 13.0. The fraction of sp³-hybridized carbons (Fsp3) is 0.286. The van der Waals surface area contributed by atoms with Crippen LogP contribution < -0.4 is 4.90 Å². The lowest BCUT2D eigenvalue weighted by molar-refractivity contribution is 0.853. The predicted octanol–water partition coefficient (Wildman–Crippen LogP) is 3.05. The zero-order chi connectivity index (χ0) is 12.8. The standard InChI is InChI=1S/C14H16BrN3/c1-18(10-6-12-4-8-16-9-5-12)14-13(11-15)3-2-7-17-14/h2-5,7-9H,6,10-11H2,1H3. The van der Waals surface area contributed by atoms with E-state index in [9.17, 15) is 0 Å². The summed E-state index contributed by atoms with van der Waals surface area (Å²) in [5.74, 6) is 1.04. The van der Waals surface area contributed by atoms with Gasteiger partial charge >= 0.3 is 0 Å². The van der Waals surface area contributed by atoms with Crippen LogP contribution in [0.5, 0.6) is 0 Å². The number of hydrogen-bond donors (Lipinski definition) is 0. The summed E-state index contributed by atoms with van der Waals surface area (Å²) in [6.07, 6.45) is 6.50. The molecule has 0 unspecified atom stereocenters.